The molecule has 0 heterocycles. The largest absolute Gasteiger partial charge is 0.272 e. The molecule has 0 unspecified atom stereocenters. The number of benzene rings is 1. The zero-order valence-electron chi connectivity index (χ0n) is 9.12. The number of hydrogen-bond donors (Lipinski definition) is 0. The average Bonchev–Trinajstić information content (AvgIpc) is 2.15. The summed E-state index contributed by atoms with van der Waals surface area (Å²) in [5, 5.41) is 0. The first-order chi connectivity index (χ1) is 6.65. The van der Waals surface area contributed by atoms with E-state index in [0.717, 1.165) is 0 Å². The van der Waals surface area contributed by atoms with Crippen LogP contribution in [0.4, 0.5) is 0 Å². The Labute approximate surface area is 86.2 Å². The van der Waals surface area contributed by atoms with E-state index in [4.69, 9.17) is 0 Å². The van der Waals surface area contributed by atoms with Crippen LogP contribution < -0.4 is 0 Å². The molecule has 0 spiro atoms. The molecule has 0 bridgehead atoms. The van der Waals surface area contributed by atoms with Crippen molar-refractivity contribution in [3.05, 3.63) is 41.1 Å². The van der Waals surface area contributed by atoms with Crippen LogP contribution in [0.25, 0.3) is 6.08 Å². The number of aryl methyl sites for hydroxylation is 1. The van der Waals surface area contributed by atoms with Gasteiger partial charge in [0, 0.05) is 6.20 Å². The third kappa shape index (κ3) is 2.56. The maximum absolute atomic E-state index is 3.70. The molecule has 1 aromatic rings. The molecule has 0 aliphatic carbocycles. The van der Waals surface area contributed by atoms with Crippen molar-refractivity contribution in [1.82, 2.24) is 0 Å². The van der Waals surface area contributed by atoms with Crippen LogP contribution in [0.15, 0.2) is 29.4 Å². The Hall–Kier alpha value is -1.37. The Balaban J connectivity index is 3.01. The lowest BCUT2D eigenvalue weighted by Gasteiger charge is -2.08. The van der Waals surface area contributed by atoms with Crippen LogP contribution in [0.1, 0.15) is 36.5 Å². The monoisotopic (exact) mass is 187 g/mol. The van der Waals surface area contributed by atoms with Gasteiger partial charge in [-0.3, -0.25) is 4.99 Å². The van der Waals surface area contributed by atoms with E-state index < -0.39 is 0 Å². The molecular weight excluding hydrogens is 170 g/mol. The van der Waals surface area contributed by atoms with Gasteiger partial charge < -0.3 is 0 Å². The molecule has 0 radical (unpaired) electrons. The normalized spacial score (nSPS) is 11.1. The molecule has 0 saturated carbocycles. The van der Waals surface area contributed by atoms with Gasteiger partial charge in [-0.05, 0) is 42.3 Å². The number of rotatable bonds is 3. The summed E-state index contributed by atoms with van der Waals surface area (Å²) in [6, 6.07) is 6.53. The highest BCUT2D eigenvalue weighted by atomic mass is 14.6. The molecule has 1 heteroatoms. The lowest BCUT2D eigenvalue weighted by Crippen LogP contribution is -1.89. The van der Waals surface area contributed by atoms with E-state index in [2.05, 4.69) is 50.7 Å². The van der Waals surface area contributed by atoms with Gasteiger partial charge in [-0.25, -0.2) is 0 Å². The lowest BCUT2D eigenvalue weighted by molar-refractivity contribution is 0.864. The van der Waals surface area contributed by atoms with E-state index in [1.165, 1.54) is 16.7 Å². The summed E-state index contributed by atoms with van der Waals surface area (Å²) in [7, 11) is 0. The quantitative estimate of drug-likeness (QED) is 0.638. The Kier molecular flexibility index (Phi) is 3.63. The van der Waals surface area contributed by atoms with Crippen molar-refractivity contribution in [2.24, 2.45) is 4.99 Å². The van der Waals surface area contributed by atoms with Crippen molar-refractivity contribution in [1.29, 1.82) is 0 Å². The molecule has 1 aromatic carbocycles. The lowest BCUT2D eigenvalue weighted by atomic mass is 9.98. The Morgan fingerprint density at radius 2 is 2.07 bits per heavy atom. The fourth-order valence-electron chi connectivity index (χ4n) is 1.38. The van der Waals surface area contributed by atoms with E-state index in [1.54, 1.807) is 6.20 Å². The molecule has 0 N–H and O–H groups in total. The van der Waals surface area contributed by atoms with Crippen molar-refractivity contribution in [3.8, 4) is 0 Å². The molecule has 74 valence electrons. The standard InChI is InChI=1S/C13H17N/c1-10(2)13-6-5-12(7-8-14-4)11(3)9-13/h5-10H,4H2,1-3H3/b8-7-. The molecule has 0 saturated heterocycles. The van der Waals surface area contributed by atoms with Gasteiger partial charge >= 0.3 is 0 Å². The molecular formula is C13H17N. The van der Waals surface area contributed by atoms with Gasteiger partial charge in [0.1, 0.15) is 0 Å². The Morgan fingerprint density at radius 3 is 2.57 bits per heavy atom. The van der Waals surface area contributed by atoms with Gasteiger partial charge in [-0.1, -0.05) is 32.0 Å². The maximum Gasteiger partial charge on any atom is 0.0266 e. The molecule has 0 fully saturated rings. The van der Waals surface area contributed by atoms with E-state index in [1.807, 2.05) is 6.08 Å². The van der Waals surface area contributed by atoms with Crippen LogP contribution in [0.2, 0.25) is 0 Å². The molecule has 1 nitrogen and oxygen atoms in total. The summed E-state index contributed by atoms with van der Waals surface area (Å²) in [5.41, 5.74) is 3.88. The molecule has 0 aliphatic heterocycles. The number of aliphatic imine (C=N–C) groups is 1. The van der Waals surface area contributed by atoms with Crippen LogP contribution in [-0.2, 0) is 0 Å². The van der Waals surface area contributed by atoms with Crippen LogP contribution in [0.3, 0.4) is 0 Å². The fraction of sp³-hybridized carbons (Fsp3) is 0.308. The predicted octanol–water partition coefficient (Wildman–Crippen LogP) is 3.79. The first kappa shape index (κ1) is 10.7. The summed E-state index contributed by atoms with van der Waals surface area (Å²) in [4.78, 5) is 3.70. The van der Waals surface area contributed by atoms with Gasteiger partial charge in [0.2, 0.25) is 0 Å². The zero-order valence-corrected chi connectivity index (χ0v) is 9.12. The average molecular weight is 187 g/mol. The van der Waals surface area contributed by atoms with Crippen LogP contribution in [0, 0.1) is 6.92 Å². The summed E-state index contributed by atoms with van der Waals surface area (Å²) >= 11 is 0. The summed E-state index contributed by atoms with van der Waals surface area (Å²) in [6.07, 6.45) is 3.70. The zero-order chi connectivity index (χ0) is 10.6. The second-order valence-corrected chi connectivity index (χ2v) is 3.77. The van der Waals surface area contributed by atoms with E-state index in [0.29, 0.717) is 5.92 Å². The first-order valence-corrected chi connectivity index (χ1v) is 4.88. The van der Waals surface area contributed by atoms with Crippen LogP contribution >= 0.6 is 0 Å². The second-order valence-electron chi connectivity index (χ2n) is 3.77. The summed E-state index contributed by atoms with van der Waals surface area (Å²) < 4.78 is 0. The minimum Gasteiger partial charge on any atom is -0.272 e. The third-order valence-corrected chi connectivity index (χ3v) is 2.32. The van der Waals surface area contributed by atoms with Crippen molar-refractivity contribution >= 4 is 12.8 Å². The molecule has 0 atom stereocenters. The second kappa shape index (κ2) is 4.75. The Bertz CT molecular complexity index is 348. The van der Waals surface area contributed by atoms with Crippen LogP contribution in [-0.4, -0.2) is 6.72 Å². The molecule has 1 rings (SSSR count). The third-order valence-electron chi connectivity index (χ3n) is 2.32. The summed E-state index contributed by atoms with van der Waals surface area (Å²) in [5.74, 6) is 0.587. The minimum absolute atomic E-state index is 0.587. The van der Waals surface area contributed by atoms with Gasteiger partial charge in [0.05, 0.1) is 0 Å². The maximum atomic E-state index is 3.70. The molecule has 0 aromatic heterocycles. The number of nitrogens with zero attached hydrogens (tertiary/aromatic N) is 1. The highest BCUT2D eigenvalue weighted by molar-refractivity contribution is 5.55. The fourth-order valence-corrected chi connectivity index (χ4v) is 1.38. The van der Waals surface area contributed by atoms with Crippen molar-refractivity contribution in [3.63, 3.8) is 0 Å². The van der Waals surface area contributed by atoms with E-state index in [9.17, 15) is 0 Å². The van der Waals surface area contributed by atoms with Crippen LogP contribution in [0.5, 0.6) is 0 Å². The van der Waals surface area contributed by atoms with Crippen molar-refractivity contribution in [2.45, 2.75) is 26.7 Å². The highest BCUT2D eigenvalue weighted by Crippen LogP contribution is 2.19. The van der Waals surface area contributed by atoms with Gasteiger partial charge in [0.25, 0.3) is 0 Å². The van der Waals surface area contributed by atoms with Crippen molar-refractivity contribution < 1.29 is 0 Å². The molecule has 0 amide bonds. The highest BCUT2D eigenvalue weighted by Gasteiger charge is 2.00. The van der Waals surface area contributed by atoms with Crippen molar-refractivity contribution in [2.75, 3.05) is 0 Å². The van der Waals surface area contributed by atoms with Gasteiger partial charge in [0.15, 0.2) is 0 Å². The SMILES string of the molecule is C=N/C=C\c1ccc(C(C)C)cc1C. The van der Waals surface area contributed by atoms with Gasteiger partial charge in [-0.2, -0.15) is 0 Å². The van der Waals surface area contributed by atoms with Gasteiger partial charge in [-0.15, -0.1) is 0 Å². The minimum atomic E-state index is 0.587. The first-order valence-electron chi connectivity index (χ1n) is 4.88. The van der Waals surface area contributed by atoms with E-state index in [-0.39, 0.29) is 0 Å². The Morgan fingerprint density at radius 1 is 1.36 bits per heavy atom. The summed E-state index contributed by atoms with van der Waals surface area (Å²) in [6.45, 7) is 9.94. The molecule has 0 aliphatic rings. The topological polar surface area (TPSA) is 12.4 Å². The smallest absolute Gasteiger partial charge is 0.0266 e. The number of hydrogen-bond acceptors (Lipinski definition) is 1. The molecule has 14 heavy (non-hydrogen) atoms. The van der Waals surface area contributed by atoms with E-state index >= 15 is 0 Å². The predicted molar refractivity (Wildman–Crippen MR) is 63.9 cm³/mol.